The number of hydrogen-bond donors (Lipinski definition) is 1. The monoisotopic (exact) mass is 429 g/mol. The molecule has 0 radical (unpaired) electrons. The average Bonchev–Trinajstić information content (AvgIpc) is 3.62. The third-order valence-corrected chi connectivity index (χ3v) is 6.55. The standard InChI is InChI=1S/C27H28FN3O/c28-26-9-5-4-8-23(26)24-18-25(24)27(32)29-21-10-12-22(13-11-21)31-16-14-30(15-17-31)19-20-6-2-1-3-7-20/h1-13,24-25H,14-19H2,(H,29,32). The second kappa shape index (κ2) is 9.13. The number of benzene rings is 3. The first kappa shape index (κ1) is 20.7. The van der Waals surface area contributed by atoms with Gasteiger partial charge >= 0.3 is 0 Å². The van der Waals surface area contributed by atoms with Crippen LogP contribution in [0.1, 0.15) is 23.5 Å². The molecule has 1 aliphatic heterocycles. The Hall–Kier alpha value is -3.18. The van der Waals surface area contributed by atoms with Crippen molar-refractivity contribution in [1.82, 2.24) is 4.90 Å². The van der Waals surface area contributed by atoms with E-state index in [0.29, 0.717) is 12.0 Å². The van der Waals surface area contributed by atoms with Crippen molar-refractivity contribution in [2.24, 2.45) is 5.92 Å². The lowest BCUT2D eigenvalue weighted by molar-refractivity contribution is -0.117. The van der Waals surface area contributed by atoms with Crippen LogP contribution in [0.4, 0.5) is 15.8 Å². The highest BCUT2D eigenvalue weighted by molar-refractivity contribution is 5.95. The van der Waals surface area contributed by atoms with E-state index in [1.807, 2.05) is 18.2 Å². The summed E-state index contributed by atoms with van der Waals surface area (Å²) in [6, 6.07) is 25.4. The Morgan fingerprint density at radius 1 is 0.875 bits per heavy atom. The molecule has 0 spiro atoms. The summed E-state index contributed by atoms with van der Waals surface area (Å²) in [6.07, 6.45) is 0.706. The number of carbonyl (C=O) groups excluding carboxylic acids is 1. The molecule has 1 aliphatic carbocycles. The zero-order valence-electron chi connectivity index (χ0n) is 18.1. The molecule has 5 heteroatoms. The molecule has 3 aromatic rings. The highest BCUT2D eigenvalue weighted by Gasteiger charge is 2.45. The Kier molecular flexibility index (Phi) is 5.91. The molecule has 0 bridgehead atoms. The summed E-state index contributed by atoms with van der Waals surface area (Å²) >= 11 is 0. The molecule has 164 valence electrons. The maximum absolute atomic E-state index is 14.0. The van der Waals surface area contributed by atoms with Gasteiger partial charge in [-0.3, -0.25) is 9.69 Å². The van der Waals surface area contributed by atoms with Gasteiger partial charge in [0.15, 0.2) is 0 Å². The first-order valence-electron chi connectivity index (χ1n) is 11.3. The van der Waals surface area contributed by atoms with Gasteiger partial charge in [-0.2, -0.15) is 0 Å². The number of nitrogens with zero attached hydrogens (tertiary/aromatic N) is 2. The minimum Gasteiger partial charge on any atom is -0.369 e. The van der Waals surface area contributed by atoms with E-state index in [9.17, 15) is 9.18 Å². The van der Waals surface area contributed by atoms with Gasteiger partial charge in [-0.05, 0) is 53.8 Å². The summed E-state index contributed by atoms with van der Waals surface area (Å²) in [5.41, 5.74) is 3.97. The van der Waals surface area contributed by atoms with E-state index in [1.54, 1.807) is 12.1 Å². The number of rotatable bonds is 6. The van der Waals surface area contributed by atoms with Crippen LogP contribution in [0.15, 0.2) is 78.9 Å². The zero-order chi connectivity index (χ0) is 21.9. The molecule has 1 heterocycles. The van der Waals surface area contributed by atoms with E-state index >= 15 is 0 Å². The van der Waals surface area contributed by atoms with Gasteiger partial charge in [-0.15, -0.1) is 0 Å². The molecule has 1 saturated heterocycles. The fourth-order valence-electron chi connectivity index (χ4n) is 4.60. The first-order valence-corrected chi connectivity index (χ1v) is 11.3. The summed E-state index contributed by atoms with van der Waals surface area (Å²) in [6.45, 7) is 5.05. The minimum atomic E-state index is -0.221. The first-order chi connectivity index (χ1) is 15.7. The molecular formula is C27H28FN3O. The van der Waals surface area contributed by atoms with Crippen molar-refractivity contribution in [1.29, 1.82) is 0 Å². The van der Waals surface area contributed by atoms with Gasteiger partial charge < -0.3 is 10.2 Å². The number of amides is 1. The predicted octanol–water partition coefficient (Wildman–Crippen LogP) is 4.89. The zero-order valence-corrected chi connectivity index (χ0v) is 18.1. The summed E-state index contributed by atoms with van der Waals surface area (Å²) in [7, 11) is 0. The van der Waals surface area contributed by atoms with Crippen molar-refractivity contribution in [3.63, 3.8) is 0 Å². The van der Waals surface area contributed by atoms with E-state index in [0.717, 1.165) is 38.4 Å². The highest BCUT2D eigenvalue weighted by Crippen LogP contribution is 2.48. The third-order valence-electron chi connectivity index (χ3n) is 6.55. The number of nitrogens with one attached hydrogen (secondary N) is 1. The van der Waals surface area contributed by atoms with Crippen LogP contribution >= 0.6 is 0 Å². The summed E-state index contributed by atoms with van der Waals surface area (Å²) in [5, 5.41) is 3.00. The predicted molar refractivity (Wildman–Crippen MR) is 126 cm³/mol. The summed E-state index contributed by atoms with van der Waals surface area (Å²) < 4.78 is 14.0. The van der Waals surface area contributed by atoms with Crippen LogP contribution in [0.3, 0.4) is 0 Å². The molecule has 0 aromatic heterocycles. The van der Waals surface area contributed by atoms with Crippen LogP contribution in [0.2, 0.25) is 0 Å². The molecule has 1 amide bonds. The topological polar surface area (TPSA) is 35.6 Å². The van der Waals surface area contributed by atoms with Gasteiger partial charge in [-0.1, -0.05) is 48.5 Å². The molecule has 5 rings (SSSR count). The van der Waals surface area contributed by atoms with Crippen molar-refractivity contribution in [2.75, 3.05) is 36.4 Å². The van der Waals surface area contributed by atoms with Crippen molar-refractivity contribution in [3.8, 4) is 0 Å². The van der Waals surface area contributed by atoms with Crippen LogP contribution in [-0.4, -0.2) is 37.0 Å². The summed E-state index contributed by atoms with van der Waals surface area (Å²) in [5.74, 6) is -0.409. The van der Waals surface area contributed by atoms with Crippen molar-refractivity contribution < 1.29 is 9.18 Å². The Morgan fingerprint density at radius 3 is 2.28 bits per heavy atom. The fourth-order valence-corrected chi connectivity index (χ4v) is 4.60. The normalized spacial score (nSPS) is 20.7. The van der Waals surface area contributed by atoms with Gasteiger partial charge in [0.25, 0.3) is 0 Å². The second-order valence-electron chi connectivity index (χ2n) is 8.76. The number of halogens is 1. The molecule has 1 N–H and O–H groups in total. The van der Waals surface area contributed by atoms with Gasteiger partial charge in [0.1, 0.15) is 5.82 Å². The molecule has 2 atom stereocenters. The van der Waals surface area contributed by atoms with Gasteiger partial charge in [0.05, 0.1) is 0 Å². The average molecular weight is 430 g/mol. The van der Waals surface area contributed by atoms with Gasteiger partial charge in [-0.25, -0.2) is 4.39 Å². The van der Waals surface area contributed by atoms with E-state index in [-0.39, 0.29) is 23.6 Å². The van der Waals surface area contributed by atoms with Crippen molar-refractivity contribution in [3.05, 3.63) is 95.8 Å². The van der Waals surface area contributed by atoms with Crippen molar-refractivity contribution in [2.45, 2.75) is 18.9 Å². The molecule has 2 unspecified atom stereocenters. The van der Waals surface area contributed by atoms with Crippen LogP contribution in [0.25, 0.3) is 0 Å². The van der Waals surface area contributed by atoms with Crippen molar-refractivity contribution >= 4 is 17.3 Å². The Balaban J connectivity index is 1.12. The SMILES string of the molecule is O=C(Nc1ccc(N2CCN(Cc3ccccc3)CC2)cc1)C1CC1c1ccccc1F. The van der Waals surface area contributed by atoms with E-state index in [2.05, 4.69) is 57.6 Å². The summed E-state index contributed by atoms with van der Waals surface area (Å²) in [4.78, 5) is 17.5. The fraction of sp³-hybridized carbons (Fsp3) is 0.296. The van der Waals surface area contributed by atoms with E-state index < -0.39 is 0 Å². The maximum atomic E-state index is 14.0. The largest absolute Gasteiger partial charge is 0.369 e. The molecule has 32 heavy (non-hydrogen) atoms. The third kappa shape index (κ3) is 4.68. The molecule has 3 aromatic carbocycles. The lowest BCUT2D eigenvalue weighted by atomic mass is 10.1. The molecule has 2 aliphatic rings. The number of anilines is 2. The highest BCUT2D eigenvalue weighted by atomic mass is 19.1. The Labute approximate surface area is 188 Å². The molecule has 4 nitrogen and oxygen atoms in total. The molecule has 2 fully saturated rings. The van der Waals surface area contributed by atoms with Crippen LogP contribution in [0, 0.1) is 11.7 Å². The lowest BCUT2D eigenvalue weighted by Gasteiger charge is -2.36. The number of carbonyl (C=O) groups is 1. The maximum Gasteiger partial charge on any atom is 0.228 e. The van der Waals surface area contributed by atoms with E-state index in [4.69, 9.17) is 0 Å². The molecule has 1 saturated carbocycles. The van der Waals surface area contributed by atoms with Crippen LogP contribution in [-0.2, 0) is 11.3 Å². The number of hydrogen-bond acceptors (Lipinski definition) is 3. The van der Waals surface area contributed by atoms with Gasteiger partial charge in [0.2, 0.25) is 5.91 Å². The number of piperazine rings is 1. The lowest BCUT2D eigenvalue weighted by Crippen LogP contribution is -2.45. The molecular weight excluding hydrogens is 401 g/mol. The quantitative estimate of drug-likeness (QED) is 0.606. The Morgan fingerprint density at radius 2 is 1.56 bits per heavy atom. The smallest absolute Gasteiger partial charge is 0.228 e. The van der Waals surface area contributed by atoms with Crippen LogP contribution in [0.5, 0.6) is 0 Å². The second-order valence-corrected chi connectivity index (χ2v) is 8.76. The van der Waals surface area contributed by atoms with Gasteiger partial charge in [0, 0.05) is 50.0 Å². The minimum absolute atomic E-state index is 0.0114. The van der Waals surface area contributed by atoms with Crippen LogP contribution < -0.4 is 10.2 Å². The Bertz CT molecular complexity index is 1060. The van der Waals surface area contributed by atoms with E-state index in [1.165, 1.54) is 17.3 Å².